The molecular weight excluding hydrogens is 579 g/mol. The fraction of sp³-hybridized carbons (Fsp3) is 0.424. The average molecular weight is 619 g/mol. The minimum Gasteiger partial charge on any atom is -0.473 e. The number of hydrogen-bond donors (Lipinski definition) is 0. The van der Waals surface area contributed by atoms with Crippen molar-refractivity contribution in [2.75, 3.05) is 33.8 Å². The van der Waals surface area contributed by atoms with Crippen molar-refractivity contribution in [3.8, 4) is 5.88 Å². The Morgan fingerprint density at radius 2 is 1.89 bits per heavy atom. The summed E-state index contributed by atoms with van der Waals surface area (Å²) < 4.78 is 28.3. The third kappa shape index (κ3) is 8.34. The van der Waals surface area contributed by atoms with Crippen LogP contribution in [-0.2, 0) is 36.1 Å². The highest BCUT2D eigenvalue weighted by Crippen LogP contribution is 2.29. The van der Waals surface area contributed by atoms with Crippen molar-refractivity contribution in [1.82, 2.24) is 24.5 Å². The molecule has 3 heterocycles. The lowest BCUT2D eigenvalue weighted by atomic mass is 9.93. The highest BCUT2D eigenvalue weighted by Gasteiger charge is 2.24. The van der Waals surface area contributed by atoms with Crippen molar-refractivity contribution < 1.29 is 23.5 Å². The maximum Gasteiger partial charge on any atom is 0.316 e. The molecule has 0 aliphatic carbocycles. The maximum atomic E-state index is 14.7. The number of likely N-dealkylation sites (tertiary alicyclic amines) is 1. The Hall–Kier alpha value is -4.10. The number of imidazole rings is 1. The van der Waals surface area contributed by atoms with Gasteiger partial charge >= 0.3 is 5.91 Å². The molecule has 1 aliphatic rings. The summed E-state index contributed by atoms with van der Waals surface area (Å²) in [6.45, 7) is 5.65. The number of halogens is 1. The number of carbonyl (C=O) groups is 1. The van der Waals surface area contributed by atoms with Gasteiger partial charge in [0, 0.05) is 54.7 Å². The SMILES string of the molecule is CCCOCn1c(CN2CCC(c3cccc(OCc4ccc(CON(C)C)cc4F)n3)CC2)nc2ccc(C(=O)N=O)cc21. The van der Waals surface area contributed by atoms with E-state index in [9.17, 15) is 14.1 Å². The van der Waals surface area contributed by atoms with Crippen LogP contribution in [0.5, 0.6) is 5.88 Å². The molecular formula is C33H39FN6O5. The van der Waals surface area contributed by atoms with Gasteiger partial charge in [0.15, 0.2) is 0 Å². The lowest BCUT2D eigenvalue weighted by Gasteiger charge is -2.31. The number of aromatic nitrogens is 3. The smallest absolute Gasteiger partial charge is 0.316 e. The van der Waals surface area contributed by atoms with Gasteiger partial charge in [-0.15, -0.1) is 4.91 Å². The highest BCUT2D eigenvalue weighted by atomic mass is 19.1. The molecule has 11 nitrogen and oxygen atoms in total. The predicted molar refractivity (Wildman–Crippen MR) is 167 cm³/mol. The number of rotatable bonds is 14. The Kier molecular flexibility index (Phi) is 11.0. The molecule has 0 atom stereocenters. The standard InChI is InChI=1S/C33H39FN6O5/c1-4-16-43-22-40-30-18-25(33(41)37-42)10-11-29(30)35-31(40)19-39-14-12-24(13-15-39)28-6-5-7-32(36-28)44-21-26-9-8-23(17-27(26)34)20-45-38(2)3/h5-11,17-18,24H,4,12-16,19-22H2,1-3H3. The monoisotopic (exact) mass is 618 g/mol. The first-order chi connectivity index (χ1) is 21.8. The van der Waals surface area contributed by atoms with Crippen LogP contribution in [0.3, 0.4) is 0 Å². The van der Waals surface area contributed by atoms with E-state index in [1.807, 2.05) is 29.7 Å². The van der Waals surface area contributed by atoms with Gasteiger partial charge in [0.2, 0.25) is 5.88 Å². The minimum atomic E-state index is -0.807. The number of benzene rings is 2. The molecule has 1 amide bonds. The van der Waals surface area contributed by atoms with Crippen molar-refractivity contribution in [2.24, 2.45) is 5.18 Å². The van der Waals surface area contributed by atoms with E-state index in [1.165, 1.54) is 6.07 Å². The molecule has 0 N–H and O–H groups in total. The molecule has 4 aromatic rings. The van der Waals surface area contributed by atoms with Crippen molar-refractivity contribution in [1.29, 1.82) is 0 Å². The minimum absolute atomic E-state index is 0.0832. The third-order valence-electron chi connectivity index (χ3n) is 7.82. The van der Waals surface area contributed by atoms with Crippen LogP contribution >= 0.6 is 0 Å². The topological polar surface area (TPSA) is 111 Å². The summed E-state index contributed by atoms with van der Waals surface area (Å²) in [6.07, 6.45) is 2.71. The van der Waals surface area contributed by atoms with Crippen LogP contribution in [0.4, 0.5) is 4.39 Å². The predicted octanol–water partition coefficient (Wildman–Crippen LogP) is 5.81. The molecule has 0 spiro atoms. The summed E-state index contributed by atoms with van der Waals surface area (Å²) in [5.74, 6) is 0.433. The Bertz CT molecular complexity index is 1620. The summed E-state index contributed by atoms with van der Waals surface area (Å²) >= 11 is 0. The van der Waals surface area contributed by atoms with E-state index in [0.29, 0.717) is 37.9 Å². The molecule has 1 aliphatic heterocycles. The number of fused-ring (bicyclic) bond motifs is 1. The van der Waals surface area contributed by atoms with Gasteiger partial charge < -0.3 is 14.0 Å². The molecule has 5 rings (SSSR count). The molecule has 12 heteroatoms. The molecule has 1 saturated heterocycles. The number of amides is 1. The van der Waals surface area contributed by atoms with Crippen LogP contribution < -0.4 is 4.74 Å². The second kappa shape index (κ2) is 15.3. The van der Waals surface area contributed by atoms with Gasteiger partial charge in [-0.1, -0.05) is 25.1 Å². The fourth-order valence-electron chi connectivity index (χ4n) is 5.40. The lowest BCUT2D eigenvalue weighted by Crippen LogP contribution is -2.33. The normalized spacial score (nSPS) is 14.3. The molecule has 45 heavy (non-hydrogen) atoms. The third-order valence-corrected chi connectivity index (χ3v) is 7.82. The first-order valence-electron chi connectivity index (χ1n) is 15.2. The van der Waals surface area contributed by atoms with Crippen molar-refractivity contribution in [2.45, 2.75) is 58.6 Å². The van der Waals surface area contributed by atoms with Gasteiger partial charge in [-0.3, -0.25) is 14.5 Å². The van der Waals surface area contributed by atoms with Crippen molar-refractivity contribution >= 4 is 16.9 Å². The summed E-state index contributed by atoms with van der Waals surface area (Å²) in [5, 5.41) is 4.14. The first-order valence-corrected chi connectivity index (χ1v) is 15.2. The number of nitroso groups, excluding NO2 is 1. The van der Waals surface area contributed by atoms with Crippen LogP contribution in [-0.4, -0.2) is 64.2 Å². The summed E-state index contributed by atoms with van der Waals surface area (Å²) in [4.78, 5) is 40.1. The largest absolute Gasteiger partial charge is 0.473 e. The van der Waals surface area contributed by atoms with E-state index in [1.54, 1.807) is 49.5 Å². The van der Waals surface area contributed by atoms with E-state index in [0.717, 1.165) is 60.5 Å². The second-order valence-corrected chi connectivity index (χ2v) is 11.3. The highest BCUT2D eigenvalue weighted by molar-refractivity contribution is 5.97. The summed E-state index contributed by atoms with van der Waals surface area (Å²) in [7, 11) is 3.56. The van der Waals surface area contributed by atoms with Gasteiger partial charge in [-0.25, -0.2) is 14.4 Å². The second-order valence-electron chi connectivity index (χ2n) is 11.3. The number of hydroxylamine groups is 2. The van der Waals surface area contributed by atoms with Gasteiger partial charge in [-0.2, -0.15) is 5.06 Å². The lowest BCUT2D eigenvalue weighted by molar-refractivity contribution is -0.130. The average Bonchev–Trinajstić information content (AvgIpc) is 3.39. The van der Waals surface area contributed by atoms with E-state index in [2.05, 4.69) is 10.1 Å². The molecule has 0 radical (unpaired) electrons. The molecule has 1 fully saturated rings. The number of nitrogens with zero attached hydrogens (tertiary/aromatic N) is 6. The van der Waals surface area contributed by atoms with Crippen molar-refractivity contribution in [3.05, 3.63) is 93.5 Å². The van der Waals surface area contributed by atoms with E-state index in [4.69, 9.17) is 24.3 Å². The van der Waals surface area contributed by atoms with Crippen molar-refractivity contribution in [3.63, 3.8) is 0 Å². The number of hydrogen-bond acceptors (Lipinski definition) is 9. The van der Waals surface area contributed by atoms with Gasteiger partial charge in [0.1, 0.15) is 25.0 Å². The maximum absolute atomic E-state index is 14.7. The van der Waals surface area contributed by atoms with Crippen LogP contribution in [0, 0.1) is 10.7 Å². The zero-order valence-corrected chi connectivity index (χ0v) is 25.9. The molecule has 2 aromatic carbocycles. The van der Waals surface area contributed by atoms with E-state index in [-0.39, 0.29) is 23.9 Å². The van der Waals surface area contributed by atoms with Crippen LogP contribution in [0.1, 0.15) is 65.1 Å². The van der Waals surface area contributed by atoms with Crippen LogP contribution in [0.25, 0.3) is 11.0 Å². The Balaban J connectivity index is 1.20. The van der Waals surface area contributed by atoms with Crippen LogP contribution in [0.15, 0.2) is 59.8 Å². The molecule has 0 unspecified atom stereocenters. The first kappa shape index (κ1) is 32.3. The van der Waals surface area contributed by atoms with E-state index < -0.39 is 5.91 Å². The summed E-state index contributed by atoms with van der Waals surface area (Å²) in [5.41, 5.74) is 3.87. The number of carbonyl (C=O) groups excluding carboxylic acids is 1. The Morgan fingerprint density at radius 3 is 2.62 bits per heavy atom. The van der Waals surface area contributed by atoms with Gasteiger partial charge in [-0.05, 0) is 68.2 Å². The molecule has 0 bridgehead atoms. The number of piperidine rings is 1. The van der Waals surface area contributed by atoms with Gasteiger partial charge in [0.25, 0.3) is 0 Å². The molecule has 238 valence electrons. The Labute approximate surface area is 261 Å². The Morgan fingerprint density at radius 1 is 1.07 bits per heavy atom. The number of ether oxygens (including phenoxy) is 2. The van der Waals surface area contributed by atoms with E-state index >= 15 is 0 Å². The zero-order valence-electron chi connectivity index (χ0n) is 25.9. The fourth-order valence-corrected chi connectivity index (χ4v) is 5.40. The van der Waals surface area contributed by atoms with Gasteiger partial charge in [0.05, 0.1) is 24.2 Å². The number of pyridine rings is 1. The summed E-state index contributed by atoms with van der Waals surface area (Å²) in [6, 6.07) is 15.7. The quantitative estimate of drug-likeness (QED) is 0.0982. The zero-order chi connectivity index (χ0) is 31.8. The van der Waals surface area contributed by atoms with Crippen LogP contribution in [0.2, 0.25) is 0 Å². The molecule has 2 aromatic heterocycles. The molecule has 0 saturated carbocycles.